The van der Waals surface area contributed by atoms with Crippen LogP contribution in [0, 0.1) is 5.92 Å². The Kier molecular flexibility index (Phi) is 4.98. The molecule has 1 aliphatic heterocycles. The maximum atomic E-state index is 11.6. The molecular formula is C11H16O5. The number of hydrogen-bond acceptors (Lipinski definition) is 5. The molecule has 1 rings (SSSR count). The van der Waals surface area contributed by atoms with Crippen molar-refractivity contribution in [1.29, 1.82) is 0 Å². The lowest BCUT2D eigenvalue weighted by molar-refractivity contribution is -0.150. The molecule has 1 aliphatic rings. The number of hydrogen-bond donors (Lipinski definition) is 0. The Labute approximate surface area is 94.4 Å². The van der Waals surface area contributed by atoms with E-state index in [1.165, 1.54) is 14.2 Å². The Bertz CT molecular complexity index is 295. The number of methoxy groups -OCH3 is 2. The van der Waals surface area contributed by atoms with E-state index in [-0.39, 0.29) is 6.42 Å². The first-order valence-corrected chi connectivity index (χ1v) is 5.10. The zero-order valence-electron chi connectivity index (χ0n) is 9.52. The molecule has 5 heteroatoms. The highest BCUT2D eigenvalue weighted by Crippen LogP contribution is 2.23. The summed E-state index contributed by atoms with van der Waals surface area (Å²) in [6, 6.07) is 0. The summed E-state index contributed by atoms with van der Waals surface area (Å²) >= 11 is 0. The van der Waals surface area contributed by atoms with Gasteiger partial charge in [-0.3, -0.25) is 9.59 Å². The van der Waals surface area contributed by atoms with Crippen LogP contribution >= 0.6 is 0 Å². The second-order valence-corrected chi connectivity index (χ2v) is 3.46. The van der Waals surface area contributed by atoms with E-state index in [4.69, 9.17) is 4.74 Å². The van der Waals surface area contributed by atoms with Crippen molar-refractivity contribution in [2.75, 3.05) is 27.4 Å². The molecule has 0 aliphatic carbocycles. The van der Waals surface area contributed by atoms with Gasteiger partial charge in [-0.2, -0.15) is 0 Å². The highest BCUT2D eigenvalue weighted by atomic mass is 16.5. The van der Waals surface area contributed by atoms with Crippen LogP contribution < -0.4 is 0 Å². The van der Waals surface area contributed by atoms with Crippen molar-refractivity contribution in [2.24, 2.45) is 5.92 Å². The van der Waals surface area contributed by atoms with Crippen LogP contribution in [0.4, 0.5) is 0 Å². The highest BCUT2D eigenvalue weighted by molar-refractivity contribution is 5.82. The van der Waals surface area contributed by atoms with E-state index in [9.17, 15) is 9.59 Å². The maximum Gasteiger partial charge on any atom is 0.313 e. The summed E-state index contributed by atoms with van der Waals surface area (Å²) < 4.78 is 14.4. The molecule has 0 N–H and O–H groups in total. The Morgan fingerprint density at radius 1 is 1.44 bits per heavy atom. The van der Waals surface area contributed by atoms with Gasteiger partial charge in [0.05, 0.1) is 39.8 Å². The summed E-state index contributed by atoms with van der Waals surface area (Å²) in [5, 5.41) is 0. The van der Waals surface area contributed by atoms with Crippen molar-refractivity contribution in [3.8, 4) is 0 Å². The molecule has 1 atom stereocenters. The third kappa shape index (κ3) is 3.34. The predicted octanol–water partition coefficient (Wildman–Crippen LogP) is 0.685. The van der Waals surface area contributed by atoms with Gasteiger partial charge in [0.25, 0.3) is 0 Å². The van der Waals surface area contributed by atoms with Crippen LogP contribution in [0.5, 0.6) is 0 Å². The monoisotopic (exact) mass is 228 g/mol. The number of carbonyl (C=O) groups excluding carboxylic acids is 2. The van der Waals surface area contributed by atoms with Gasteiger partial charge in [-0.25, -0.2) is 0 Å². The molecule has 0 amide bonds. The molecule has 0 radical (unpaired) electrons. The lowest BCUT2D eigenvalue weighted by Crippen LogP contribution is -2.25. The van der Waals surface area contributed by atoms with Crippen LogP contribution in [0.2, 0.25) is 0 Å². The van der Waals surface area contributed by atoms with Crippen molar-refractivity contribution >= 4 is 11.9 Å². The van der Waals surface area contributed by atoms with E-state index in [0.717, 1.165) is 5.57 Å². The summed E-state index contributed by atoms with van der Waals surface area (Å²) in [6.45, 7) is 1.05. The molecule has 0 saturated heterocycles. The van der Waals surface area contributed by atoms with Crippen molar-refractivity contribution in [1.82, 2.24) is 0 Å². The third-order valence-corrected chi connectivity index (χ3v) is 2.53. The molecule has 0 aromatic carbocycles. The summed E-state index contributed by atoms with van der Waals surface area (Å²) in [7, 11) is 2.61. The zero-order chi connectivity index (χ0) is 12.0. The quantitative estimate of drug-likeness (QED) is 0.523. The number of ether oxygens (including phenoxy) is 3. The first-order chi connectivity index (χ1) is 7.69. The minimum atomic E-state index is -0.540. The Balaban J connectivity index is 2.73. The van der Waals surface area contributed by atoms with Gasteiger partial charge in [0, 0.05) is 0 Å². The van der Waals surface area contributed by atoms with Gasteiger partial charge in [0.15, 0.2) is 0 Å². The van der Waals surface area contributed by atoms with Crippen molar-refractivity contribution < 1.29 is 23.8 Å². The summed E-state index contributed by atoms with van der Waals surface area (Å²) in [5.41, 5.74) is 0.892. The fourth-order valence-corrected chi connectivity index (χ4v) is 1.62. The predicted molar refractivity (Wildman–Crippen MR) is 55.7 cm³/mol. The number of esters is 2. The number of rotatable bonds is 4. The van der Waals surface area contributed by atoms with Crippen LogP contribution in [-0.4, -0.2) is 39.4 Å². The first-order valence-electron chi connectivity index (χ1n) is 5.10. The van der Waals surface area contributed by atoms with E-state index in [1.807, 2.05) is 6.08 Å². The SMILES string of the molecule is COC(=O)CC(C(=O)OC)C1=CCOCC1. The second kappa shape index (κ2) is 6.27. The molecule has 0 aromatic heterocycles. The van der Waals surface area contributed by atoms with Crippen molar-refractivity contribution in [3.05, 3.63) is 11.6 Å². The third-order valence-electron chi connectivity index (χ3n) is 2.53. The average molecular weight is 228 g/mol. The second-order valence-electron chi connectivity index (χ2n) is 3.46. The molecule has 5 nitrogen and oxygen atoms in total. The Morgan fingerprint density at radius 2 is 2.19 bits per heavy atom. The van der Waals surface area contributed by atoms with Crippen LogP contribution in [-0.2, 0) is 23.8 Å². The standard InChI is InChI=1S/C11H16O5/c1-14-10(12)7-9(11(13)15-2)8-3-5-16-6-4-8/h3,9H,4-7H2,1-2H3. The van der Waals surface area contributed by atoms with E-state index >= 15 is 0 Å². The van der Waals surface area contributed by atoms with Gasteiger partial charge in [0.1, 0.15) is 0 Å². The molecule has 0 bridgehead atoms. The Morgan fingerprint density at radius 3 is 2.69 bits per heavy atom. The average Bonchev–Trinajstić information content (AvgIpc) is 2.35. The van der Waals surface area contributed by atoms with Crippen LogP contribution in [0.25, 0.3) is 0 Å². The minimum absolute atomic E-state index is 0.0228. The van der Waals surface area contributed by atoms with Crippen LogP contribution in [0.3, 0.4) is 0 Å². The summed E-state index contributed by atoms with van der Waals surface area (Å²) in [4.78, 5) is 22.7. The molecule has 1 heterocycles. The van der Waals surface area contributed by atoms with Crippen molar-refractivity contribution in [3.63, 3.8) is 0 Å². The van der Waals surface area contributed by atoms with E-state index < -0.39 is 17.9 Å². The van der Waals surface area contributed by atoms with Gasteiger partial charge < -0.3 is 14.2 Å². The lowest BCUT2D eigenvalue weighted by Gasteiger charge is -2.20. The fraction of sp³-hybridized carbons (Fsp3) is 0.636. The highest BCUT2D eigenvalue weighted by Gasteiger charge is 2.27. The van der Waals surface area contributed by atoms with E-state index in [2.05, 4.69) is 9.47 Å². The van der Waals surface area contributed by atoms with E-state index in [1.54, 1.807) is 0 Å². The van der Waals surface area contributed by atoms with Gasteiger partial charge in [-0.15, -0.1) is 0 Å². The van der Waals surface area contributed by atoms with Gasteiger partial charge in [0.2, 0.25) is 0 Å². The van der Waals surface area contributed by atoms with Gasteiger partial charge in [-0.1, -0.05) is 11.6 Å². The first kappa shape index (κ1) is 12.7. The summed E-state index contributed by atoms with van der Waals surface area (Å²) in [5.74, 6) is -1.36. The smallest absolute Gasteiger partial charge is 0.313 e. The fourth-order valence-electron chi connectivity index (χ4n) is 1.62. The van der Waals surface area contributed by atoms with Crippen molar-refractivity contribution in [2.45, 2.75) is 12.8 Å². The molecule has 16 heavy (non-hydrogen) atoms. The van der Waals surface area contributed by atoms with Gasteiger partial charge >= 0.3 is 11.9 Å². The zero-order valence-corrected chi connectivity index (χ0v) is 9.52. The normalized spacial score (nSPS) is 17.2. The molecule has 0 aromatic rings. The molecule has 0 spiro atoms. The Hall–Kier alpha value is -1.36. The minimum Gasteiger partial charge on any atom is -0.469 e. The molecular weight excluding hydrogens is 212 g/mol. The topological polar surface area (TPSA) is 61.8 Å². The largest absolute Gasteiger partial charge is 0.469 e. The molecule has 1 unspecified atom stereocenters. The number of carbonyl (C=O) groups is 2. The van der Waals surface area contributed by atoms with Crippen LogP contribution in [0.15, 0.2) is 11.6 Å². The lowest BCUT2D eigenvalue weighted by atomic mass is 9.92. The maximum absolute atomic E-state index is 11.6. The van der Waals surface area contributed by atoms with Crippen LogP contribution in [0.1, 0.15) is 12.8 Å². The molecule has 0 saturated carbocycles. The summed E-state index contributed by atoms with van der Waals surface area (Å²) in [6.07, 6.45) is 2.50. The van der Waals surface area contributed by atoms with E-state index in [0.29, 0.717) is 19.6 Å². The molecule has 90 valence electrons. The molecule has 0 fully saturated rings. The van der Waals surface area contributed by atoms with Gasteiger partial charge in [-0.05, 0) is 6.42 Å².